The van der Waals surface area contributed by atoms with E-state index in [4.69, 9.17) is 9.47 Å². The van der Waals surface area contributed by atoms with Crippen molar-refractivity contribution in [3.63, 3.8) is 0 Å². The summed E-state index contributed by atoms with van der Waals surface area (Å²) < 4.78 is 13.1. The summed E-state index contributed by atoms with van der Waals surface area (Å²) in [7, 11) is 1.87. The molecule has 0 amide bonds. The summed E-state index contributed by atoms with van der Waals surface area (Å²) in [5.74, 6) is 1.23. The van der Waals surface area contributed by atoms with Gasteiger partial charge in [0, 0.05) is 13.1 Å². The second kappa shape index (κ2) is 6.92. The maximum Gasteiger partial charge on any atom is 0.153 e. The molecular weight excluding hydrogens is 268 g/mol. The van der Waals surface area contributed by atoms with Crippen molar-refractivity contribution in [2.75, 3.05) is 6.61 Å². The maximum atomic E-state index is 11.1. The average molecular weight is 288 g/mol. The SMILES string of the molecule is CCCOc1ccc(C=O)c(OCc2cc(C)nn2C)c1. The summed E-state index contributed by atoms with van der Waals surface area (Å²) in [6, 6.07) is 7.20. The van der Waals surface area contributed by atoms with Crippen molar-refractivity contribution in [3.05, 3.63) is 41.2 Å². The van der Waals surface area contributed by atoms with E-state index in [9.17, 15) is 4.79 Å². The first-order chi connectivity index (χ1) is 10.1. The van der Waals surface area contributed by atoms with E-state index in [1.54, 1.807) is 22.9 Å². The van der Waals surface area contributed by atoms with Gasteiger partial charge in [-0.05, 0) is 31.5 Å². The fourth-order valence-corrected chi connectivity index (χ4v) is 2.00. The standard InChI is InChI=1S/C16H20N2O3/c1-4-7-20-15-6-5-13(10-19)16(9-15)21-11-14-8-12(2)17-18(14)3/h5-6,8-10H,4,7,11H2,1-3H3. The molecule has 1 heterocycles. The average Bonchev–Trinajstić information content (AvgIpc) is 2.81. The highest BCUT2D eigenvalue weighted by molar-refractivity contribution is 5.79. The molecule has 0 unspecified atom stereocenters. The Morgan fingerprint density at radius 1 is 1.29 bits per heavy atom. The molecule has 0 fully saturated rings. The summed E-state index contributed by atoms with van der Waals surface area (Å²) in [6.07, 6.45) is 1.72. The first-order valence-corrected chi connectivity index (χ1v) is 6.98. The van der Waals surface area contributed by atoms with Crippen LogP contribution < -0.4 is 9.47 Å². The molecule has 0 aliphatic carbocycles. The molecule has 2 aromatic rings. The minimum absolute atomic E-state index is 0.357. The van der Waals surface area contributed by atoms with Crippen LogP contribution in [-0.2, 0) is 13.7 Å². The van der Waals surface area contributed by atoms with E-state index in [-0.39, 0.29) is 0 Å². The number of aryl methyl sites for hydroxylation is 2. The predicted octanol–water partition coefficient (Wildman–Crippen LogP) is 2.91. The lowest BCUT2D eigenvalue weighted by Crippen LogP contribution is -2.04. The number of benzene rings is 1. The van der Waals surface area contributed by atoms with Crippen LogP contribution in [0.5, 0.6) is 11.5 Å². The van der Waals surface area contributed by atoms with Crippen molar-refractivity contribution >= 4 is 6.29 Å². The second-order valence-corrected chi connectivity index (χ2v) is 4.86. The fraction of sp³-hybridized carbons (Fsp3) is 0.375. The van der Waals surface area contributed by atoms with Crippen molar-refractivity contribution < 1.29 is 14.3 Å². The highest BCUT2D eigenvalue weighted by atomic mass is 16.5. The Kier molecular flexibility index (Phi) is 4.98. The van der Waals surface area contributed by atoms with Gasteiger partial charge in [0.05, 0.1) is 23.6 Å². The molecule has 0 aliphatic heterocycles. The summed E-state index contributed by atoms with van der Waals surface area (Å²) >= 11 is 0. The van der Waals surface area contributed by atoms with Crippen molar-refractivity contribution in [2.45, 2.75) is 26.9 Å². The van der Waals surface area contributed by atoms with E-state index in [0.29, 0.717) is 30.3 Å². The zero-order chi connectivity index (χ0) is 15.2. The molecule has 1 aromatic carbocycles. The van der Waals surface area contributed by atoms with E-state index < -0.39 is 0 Å². The number of rotatable bonds is 7. The fourth-order valence-electron chi connectivity index (χ4n) is 2.00. The Bertz CT molecular complexity index is 620. The van der Waals surface area contributed by atoms with Crippen LogP contribution in [0.15, 0.2) is 24.3 Å². The van der Waals surface area contributed by atoms with E-state index in [1.165, 1.54) is 0 Å². The zero-order valence-corrected chi connectivity index (χ0v) is 12.6. The minimum Gasteiger partial charge on any atom is -0.493 e. The molecular formula is C16H20N2O3. The van der Waals surface area contributed by atoms with E-state index >= 15 is 0 Å². The van der Waals surface area contributed by atoms with Gasteiger partial charge in [-0.3, -0.25) is 9.48 Å². The molecule has 21 heavy (non-hydrogen) atoms. The third kappa shape index (κ3) is 3.84. The molecule has 2 rings (SSSR count). The molecule has 0 atom stereocenters. The molecule has 0 bridgehead atoms. The quantitative estimate of drug-likeness (QED) is 0.735. The summed E-state index contributed by atoms with van der Waals surface area (Å²) in [6.45, 7) is 4.97. The van der Waals surface area contributed by atoms with Gasteiger partial charge in [-0.2, -0.15) is 5.10 Å². The lowest BCUT2D eigenvalue weighted by Gasteiger charge is -2.11. The van der Waals surface area contributed by atoms with Crippen LogP contribution in [-0.4, -0.2) is 22.7 Å². The minimum atomic E-state index is 0.357. The van der Waals surface area contributed by atoms with Crippen LogP contribution in [0, 0.1) is 6.92 Å². The topological polar surface area (TPSA) is 53.4 Å². The number of carbonyl (C=O) groups is 1. The third-order valence-corrected chi connectivity index (χ3v) is 3.06. The number of nitrogens with zero attached hydrogens (tertiary/aromatic N) is 2. The van der Waals surface area contributed by atoms with E-state index in [1.807, 2.05) is 27.0 Å². The molecule has 1 aromatic heterocycles. The number of carbonyl (C=O) groups excluding carboxylic acids is 1. The van der Waals surface area contributed by atoms with Crippen molar-refractivity contribution in [1.29, 1.82) is 0 Å². The van der Waals surface area contributed by atoms with Gasteiger partial charge in [0.15, 0.2) is 6.29 Å². The Morgan fingerprint density at radius 3 is 2.71 bits per heavy atom. The molecule has 5 nitrogen and oxygen atoms in total. The van der Waals surface area contributed by atoms with Crippen LogP contribution in [0.2, 0.25) is 0 Å². The van der Waals surface area contributed by atoms with Gasteiger partial charge in [0.2, 0.25) is 0 Å². The lowest BCUT2D eigenvalue weighted by molar-refractivity contribution is 0.111. The van der Waals surface area contributed by atoms with Crippen LogP contribution in [0.25, 0.3) is 0 Å². The first-order valence-electron chi connectivity index (χ1n) is 6.98. The molecule has 112 valence electrons. The monoisotopic (exact) mass is 288 g/mol. The highest BCUT2D eigenvalue weighted by Gasteiger charge is 2.08. The summed E-state index contributed by atoms with van der Waals surface area (Å²) in [5.41, 5.74) is 2.40. The number of hydrogen-bond donors (Lipinski definition) is 0. The Balaban J connectivity index is 2.13. The van der Waals surface area contributed by atoms with E-state index in [2.05, 4.69) is 5.10 Å². The lowest BCUT2D eigenvalue weighted by atomic mass is 10.2. The van der Waals surface area contributed by atoms with Crippen LogP contribution in [0.3, 0.4) is 0 Å². The van der Waals surface area contributed by atoms with Gasteiger partial charge in [0.1, 0.15) is 18.1 Å². The van der Waals surface area contributed by atoms with Gasteiger partial charge < -0.3 is 9.47 Å². The molecule has 5 heteroatoms. The molecule has 0 saturated carbocycles. The van der Waals surface area contributed by atoms with Crippen molar-refractivity contribution in [1.82, 2.24) is 9.78 Å². The molecule has 0 N–H and O–H groups in total. The Morgan fingerprint density at radius 2 is 2.10 bits per heavy atom. The second-order valence-electron chi connectivity index (χ2n) is 4.86. The zero-order valence-electron chi connectivity index (χ0n) is 12.6. The van der Waals surface area contributed by atoms with Gasteiger partial charge >= 0.3 is 0 Å². The smallest absolute Gasteiger partial charge is 0.153 e. The molecule has 0 spiro atoms. The molecule has 0 aliphatic rings. The Hall–Kier alpha value is -2.30. The van der Waals surface area contributed by atoms with E-state index in [0.717, 1.165) is 24.1 Å². The highest BCUT2D eigenvalue weighted by Crippen LogP contribution is 2.25. The number of ether oxygens (including phenoxy) is 2. The third-order valence-electron chi connectivity index (χ3n) is 3.06. The van der Waals surface area contributed by atoms with Gasteiger partial charge in [0.25, 0.3) is 0 Å². The first kappa shape index (κ1) is 15.1. The van der Waals surface area contributed by atoms with Gasteiger partial charge in [-0.15, -0.1) is 0 Å². The normalized spacial score (nSPS) is 10.4. The van der Waals surface area contributed by atoms with Crippen LogP contribution >= 0.6 is 0 Å². The predicted molar refractivity (Wildman–Crippen MR) is 79.9 cm³/mol. The van der Waals surface area contributed by atoms with Gasteiger partial charge in [-0.1, -0.05) is 6.92 Å². The van der Waals surface area contributed by atoms with Crippen LogP contribution in [0.4, 0.5) is 0 Å². The molecule has 0 radical (unpaired) electrons. The largest absolute Gasteiger partial charge is 0.493 e. The summed E-state index contributed by atoms with van der Waals surface area (Å²) in [4.78, 5) is 11.1. The van der Waals surface area contributed by atoms with Crippen molar-refractivity contribution in [3.8, 4) is 11.5 Å². The van der Waals surface area contributed by atoms with Gasteiger partial charge in [-0.25, -0.2) is 0 Å². The molecule has 0 saturated heterocycles. The summed E-state index contributed by atoms with van der Waals surface area (Å²) in [5, 5.41) is 4.27. The number of hydrogen-bond acceptors (Lipinski definition) is 4. The maximum absolute atomic E-state index is 11.1. The number of aldehydes is 1. The Labute approximate surface area is 124 Å². The van der Waals surface area contributed by atoms with Crippen molar-refractivity contribution in [2.24, 2.45) is 7.05 Å². The number of aromatic nitrogens is 2. The van der Waals surface area contributed by atoms with Crippen LogP contribution in [0.1, 0.15) is 35.1 Å².